The van der Waals surface area contributed by atoms with Crippen molar-refractivity contribution in [3.63, 3.8) is 0 Å². The van der Waals surface area contributed by atoms with Gasteiger partial charge in [-0.1, -0.05) is 11.6 Å². The SMILES string of the molecule is CCOC(=O)C=CC(=O)Nc1c(C)cc(Cl)cc1C(=O)N(C)C1CC1. The summed E-state index contributed by atoms with van der Waals surface area (Å²) in [6.45, 7) is 3.66. The average molecular weight is 365 g/mol. The van der Waals surface area contributed by atoms with E-state index in [0.717, 1.165) is 25.0 Å². The Balaban J connectivity index is 2.22. The van der Waals surface area contributed by atoms with E-state index >= 15 is 0 Å². The zero-order chi connectivity index (χ0) is 18.6. The molecule has 6 nitrogen and oxygen atoms in total. The number of aryl methyl sites for hydroxylation is 1. The van der Waals surface area contributed by atoms with Crippen LogP contribution in [0, 0.1) is 6.92 Å². The van der Waals surface area contributed by atoms with Gasteiger partial charge in [-0.3, -0.25) is 9.59 Å². The second-order valence-corrected chi connectivity index (χ2v) is 6.30. The van der Waals surface area contributed by atoms with E-state index in [1.807, 2.05) is 0 Å². The van der Waals surface area contributed by atoms with E-state index in [0.29, 0.717) is 21.8 Å². The van der Waals surface area contributed by atoms with Crippen LogP contribution in [-0.2, 0) is 14.3 Å². The number of carbonyl (C=O) groups excluding carboxylic acids is 3. The van der Waals surface area contributed by atoms with Gasteiger partial charge in [0, 0.05) is 30.3 Å². The Morgan fingerprint density at radius 2 is 2.00 bits per heavy atom. The molecule has 0 radical (unpaired) electrons. The van der Waals surface area contributed by atoms with Crippen molar-refractivity contribution >= 4 is 35.1 Å². The van der Waals surface area contributed by atoms with E-state index < -0.39 is 11.9 Å². The number of hydrogen-bond acceptors (Lipinski definition) is 4. The summed E-state index contributed by atoms with van der Waals surface area (Å²) in [4.78, 5) is 37.7. The van der Waals surface area contributed by atoms with Gasteiger partial charge >= 0.3 is 5.97 Å². The molecule has 0 spiro atoms. The molecule has 25 heavy (non-hydrogen) atoms. The molecule has 1 aliphatic rings. The molecule has 0 atom stereocenters. The summed E-state index contributed by atoms with van der Waals surface area (Å²) in [6, 6.07) is 3.44. The first-order valence-electron chi connectivity index (χ1n) is 8.06. The summed E-state index contributed by atoms with van der Waals surface area (Å²) in [6.07, 6.45) is 4.07. The summed E-state index contributed by atoms with van der Waals surface area (Å²) in [5, 5.41) is 3.08. The minimum atomic E-state index is -0.602. The van der Waals surface area contributed by atoms with E-state index in [2.05, 4.69) is 5.32 Å². The maximum Gasteiger partial charge on any atom is 0.330 e. The molecule has 1 N–H and O–H groups in total. The maximum absolute atomic E-state index is 12.7. The average Bonchev–Trinajstić information content (AvgIpc) is 3.39. The molecule has 1 saturated carbocycles. The lowest BCUT2D eigenvalue weighted by Crippen LogP contribution is -2.30. The second-order valence-electron chi connectivity index (χ2n) is 5.87. The molecular weight excluding hydrogens is 344 g/mol. The lowest BCUT2D eigenvalue weighted by molar-refractivity contribution is -0.137. The number of amides is 2. The van der Waals surface area contributed by atoms with Crippen LogP contribution in [0.1, 0.15) is 35.7 Å². The molecular formula is C18H21ClN2O4. The van der Waals surface area contributed by atoms with Crippen molar-refractivity contribution in [1.29, 1.82) is 0 Å². The zero-order valence-electron chi connectivity index (χ0n) is 14.5. The van der Waals surface area contributed by atoms with Crippen LogP contribution in [0.3, 0.4) is 0 Å². The van der Waals surface area contributed by atoms with Crippen LogP contribution in [-0.4, -0.2) is 42.4 Å². The molecule has 7 heteroatoms. The number of anilines is 1. The van der Waals surface area contributed by atoms with Crippen LogP contribution in [0.2, 0.25) is 5.02 Å². The second kappa shape index (κ2) is 8.16. The molecule has 0 saturated heterocycles. The third-order valence-electron chi connectivity index (χ3n) is 3.85. The molecule has 1 aromatic rings. The number of hydrogen-bond donors (Lipinski definition) is 1. The highest BCUT2D eigenvalue weighted by Gasteiger charge is 2.31. The van der Waals surface area contributed by atoms with Crippen molar-refractivity contribution < 1.29 is 19.1 Å². The van der Waals surface area contributed by atoms with Crippen molar-refractivity contribution in [2.24, 2.45) is 0 Å². The Morgan fingerprint density at radius 1 is 1.32 bits per heavy atom. The number of carbonyl (C=O) groups is 3. The molecule has 1 aromatic carbocycles. The van der Waals surface area contributed by atoms with Crippen LogP contribution in [0.5, 0.6) is 0 Å². The van der Waals surface area contributed by atoms with Gasteiger partial charge in [0.2, 0.25) is 5.91 Å². The Kier molecular flexibility index (Phi) is 6.20. The van der Waals surface area contributed by atoms with Gasteiger partial charge in [0.1, 0.15) is 0 Å². The molecule has 0 bridgehead atoms. The maximum atomic E-state index is 12.7. The molecule has 0 unspecified atom stereocenters. The van der Waals surface area contributed by atoms with Crippen LogP contribution in [0.4, 0.5) is 5.69 Å². The highest BCUT2D eigenvalue weighted by molar-refractivity contribution is 6.31. The van der Waals surface area contributed by atoms with Crippen molar-refractivity contribution in [2.45, 2.75) is 32.7 Å². The van der Waals surface area contributed by atoms with Crippen LogP contribution in [0.25, 0.3) is 0 Å². The van der Waals surface area contributed by atoms with Crippen molar-refractivity contribution in [1.82, 2.24) is 4.90 Å². The molecule has 2 amide bonds. The van der Waals surface area contributed by atoms with E-state index in [9.17, 15) is 14.4 Å². The van der Waals surface area contributed by atoms with Crippen molar-refractivity contribution in [3.05, 3.63) is 40.4 Å². The molecule has 0 aliphatic heterocycles. The fraction of sp³-hybridized carbons (Fsp3) is 0.389. The van der Waals surface area contributed by atoms with E-state index in [-0.39, 0.29) is 18.6 Å². The molecule has 2 rings (SSSR count). The van der Waals surface area contributed by atoms with Gasteiger partial charge in [0.25, 0.3) is 5.91 Å². The Bertz CT molecular complexity index is 726. The highest BCUT2D eigenvalue weighted by Crippen LogP contribution is 2.31. The van der Waals surface area contributed by atoms with Crippen LogP contribution in [0.15, 0.2) is 24.3 Å². The van der Waals surface area contributed by atoms with Gasteiger partial charge in [-0.05, 0) is 44.4 Å². The minimum Gasteiger partial charge on any atom is -0.463 e. The smallest absolute Gasteiger partial charge is 0.330 e. The van der Waals surface area contributed by atoms with E-state index in [4.69, 9.17) is 16.3 Å². The minimum absolute atomic E-state index is 0.197. The molecule has 0 aromatic heterocycles. The normalized spacial score (nSPS) is 13.6. The Hall–Kier alpha value is -2.34. The van der Waals surface area contributed by atoms with Gasteiger partial charge in [-0.25, -0.2) is 4.79 Å². The summed E-state index contributed by atoms with van der Waals surface area (Å²) < 4.78 is 4.72. The first kappa shape index (κ1) is 19.0. The van der Waals surface area contributed by atoms with Gasteiger partial charge in [-0.2, -0.15) is 0 Å². The predicted octanol–water partition coefficient (Wildman–Crippen LogP) is 2.94. The number of benzene rings is 1. The van der Waals surface area contributed by atoms with E-state index in [1.54, 1.807) is 37.9 Å². The van der Waals surface area contributed by atoms with Crippen molar-refractivity contribution in [3.8, 4) is 0 Å². The van der Waals surface area contributed by atoms with Gasteiger partial charge in [0.15, 0.2) is 0 Å². The fourth-order valence-corrected chi connectivity index (χ4v) is 2.67. The van der Waals surface area contributed by atoms with Crippen LogP contribution < -0.4 is 5.32 Å². The predicted molar refractivity (Wildman–Crippen MR) is 95.7 cm³/mol. The largest absolute Gasteiger partial charge is 0.463 e. The fourth-order valence-electron chi connectivity index (χ4n) is 2.39. The number of ether oxygens (including phenoxy) is 1. The highest BCUT2D eigenvalue weighted by atomic mass is 35.5. The lowest BCUT2D eigenvalue weighted by atomic mass is 10.1. The number of rotatable bonds is 6. The third kappa shape index (κ3) is 5.06. The standard InChI is InChI=1S/C18H21ClN2O4/c1-4-25-16(23)8-7-15(22)20-17-11(2)9-12(19)10-14(17)18(24)21(3)13-5-6-13/h7-10,13H,4-6H2,1-3H3,(H,20,22). The zero-order valence-corrected chi connectivity index (χ0v) is 15.2. The Labute approximate surface area is 151 Å². The third-order valence-corrected chi connectivity index (χ3v) is 4.07. The Morgan fingerprint density at radius 3 is 2.60 bits per heavy atom. The number of esters is 1. The first-order valence-corrected chi connectivity index (χ1v) is 8.44. The van der Waals surface area contributed by atoms with Gasteiger partial charge in [0.05, 0.1) is 17.9 Å². The summed E-state index contributed by atoms with van der Waals surface area (Å²) >= 11 is 6.08. The quantitative estimate of drug-likeness (QED) is 0.622. The van der Waals surface area contributed by atoms with E-state index in [1.165, 1.54) is 0 Å². The van der Waals surface area contributed by atoms with Crippen LogP contribution >= 0.6 is 11.6 Å². The molecule has 1 aliphatic carbocycles. The summed E-state index contributed by atoms with van der Waals surface area (Å²) in [7, 11) is 1.74. The van der Waals surface area contributed by atoms with Crippen molar-refractivity contribution in [2.75, 3.05) is 19.0 Å². The summed E-state index contributed by atoms with van der Waals surface area (Å²) in [5.74, 6) is -1.32. The van der Waals surface area contributed by atoms with Gasteiger partial charge < -0.3 is 15.0 Å². The number of halogens is 1. The molecule has 1 fully saturated rings. The lowest BCUT2D eigenvalue weighted by Gasteiger charge is -2.20. The number of nitrogens with one attached hydrogen (secondary N) is 1. The number of nitrogens with zero attached hydrogens (tertiary/aromatic N) is 1. The molecule has 134 valence electrons. The first-order chi connectivity index (χ1) is 11.8. The molecule has 0 heterocycles. The topological polar surface area (TPSA) is 75.7 Å². The summed E-state index contributed by atoms with van der Waals surface area (Å²) in [5.41, 5.74) is 1.38. The monoisotopic (exact) mass is 364 g/mol. The van der Waals surface area contributed by atoms with Gasteiger partial charge in [-0.15, -0.1) is 0 Å².